The quantitative estimate of drug-likeness (QED) is 0.778. The predicted octanol–water partition coefficient (Wildman–Crippen LogP) is 4.29. The first-order valence-electron chi connectivity index (χ1n) is 6.26. The lowest BCUT2D eigenvalue weighted by atomic mass is 10.2. The number of fused-ring (bicyclic) bond motifs is 1. The first-order valence-corrected chi connectivity index (χ1v) is 7.07. The molecule has 0 atom stereocenters. The van der Waals surface area contributed by atoms with E-state index in [1.165, 1.54) is 11.8 Å². The summed E-state index contributed by atoms with van der Waals surface area (Å²) in [5, 5.41) is 10.1. The molecule has 0 aliphatic rings. The summed E-state index contributed by atoms with van der Waals surface area (Å²) in [7, 11) is 1.60. The van der Waals surface area contributed by atoms with E-state index in [4.69, 9.17) is 9.15 Å². The van der Waals surface area contributed by atoms with Gasteiger partial charge in [-0.3, -0.25) is 0 Å². The lowest BCUT2D eigenvalue weighted by Gasteiger charge is -2.04. The highest BCUT2D eigenvalue weighted by Gasteiger charge is 2.20. The average Bonchev–Trinajstić information content (AvgIpc) is 2.87. The number of methoxy groups -OCH3 is 1. The molecule has 1 heterocycles. The zero-order valence-electron chi connectivity index (χ0n) is 11.2. The molecule has 0 fully saturated rings. The van der Waals surface area contributed by atoms with Crippen molar-refractivity contribution in [1.82, 2.24) is 0 Å². The Morgan fingerprint density at radius 3 is 2.76 bits per heavy atom. The number of furan rings is 1. The van der Waals surface area contributed by atoms with Gasteiger partial charge in [-0.25, -0.2) is 4.79 Å². The lowest BCUT2D eigenvalue weighted by Crippen LogP contribution is -1.95. The van der Waals surface area contributed by atoms with Crippen molar-refractivity contribution in [1.29, 1.82) is 0 Å². The van der Waals surface area contributed by atoms with Crippen molar-refractivity contribution in [3.05, 3.63) is 54.3 Å². The van der Waals surface area contributed by atoms with Gasteiger partial charge in [0.15, 0.2) is 0 Å². The molecular formula is C16H12O4S. The largest absolute Gasteiger partial charge is 0.497 e. The van der Waals surface area contributed by atoms with Crippen LogP contribution in [0, 0.1) is 0 Å². The van der Waals surface area contributed by atoms with Crippen molar-refractivity contribution >= 4 is 28.7 Å². The Labute approximate surface area is 125 Å². The van der Waals surface area contributed by atoms with Crippen LogP contribution in [-0.2, 0) is 0 Å². The lowest BCUT2D eigenvalue weighted by molar-refractivity contribution is 0.0660. The van der Waals surface area contributed by atoms with E-state index in [0.717, 1.165) is 16.0 Å². The van der Waals surface area contributed by atoms with Crippen LogP contribution in [0.1, 0.15) is 10.6 Å². The smallest absolute Gasteiger partial charge is 0.373 e. The van der Waals surface area contributed by atoms with Crippen LogP contribution in [0.2, 0.25) is 0 Å². The summed E-state index contributed by atoms with van der Waals surface area (Å²) in [6, 6.07) is 14.8. The van der Waals surface area contributed by atoms with E-state index in [1.807, 2.05) is 42.5 Å². The maximum Gasteiger partial charge on any atom is 0.373 e. The highest BCUT2D eigenvalue weighted by Crippen LogP contribution is 2.39. The first-order chi connectivity index (χ1) is 10.2. The average molecular weight is 300 g/mol. The number of rotatable bonds is 4. The van der Waals surface area contributed by atoms with Crippen LogP contribution in [0.3, 0.4) is 0 Å². The molecule has 0 radical (unpaired) electrons. The highest BCUT2D eigenvalue weighted by atomic mass is 32.2. The third-order valence-electron chi connectivity index (χ3n) is 3.01. The second-order valence-electron chi connectivity index (χ2n) is 4.34. The molecule has 0 saturated heterocycles. The monoisotopic (exact) mass is 300 g/mol. The van der Waals surface area contributed by atoms with Crippen molar-refractivity contribution in [3.8, 4) is 5.75 Å². The number of benzene rings is 2. The van der Waals surface area contributed by atoms with Crippen molar-refractivity contribution in [2.24, 2.45) is 0 Å². The van der Waals surface area contributed by atoms with E-state index in [0.29, 0.717) is 10.5 Å². The molecule has 3 aromatic rings. The molecule has 106 valence electrons. The Hall–Kier alpha value is -2.40. The second kappa shape index (κ2) is 5.54. The van der Waals surface area contributed by atoms with Gasteiger partial charge in [0, 0.05) is 10.3 Å². The number of aromatic carboxylic acids is 1. The minimum atomic E-state index is -1.07. The zero-order valence-corrected chi connectivity index (χ0v) is 12.0. The number of hydrogen-bond donors (Lipinski definition) is 1. The number of carboxylic acid groups (broad SMARTS) is 1. The first kappa shape index (κ1) is 13.6. The molecule has 0 unspecified atom stereocenters. The molecule has 0 aliphatic carbocycles. The molecule has 0 amide bonds. The molecule has 2 aromatic carbocycles. The van der Waals surface area contributed by atoms with E-state index in [9.17, 15) is 9.90 Å². The number of hydrogen-bond acceptors (Lipinski definition) is 4. The third-order valence-corrected chi connectivity index (χ3v) is 4.10. The third kappa shape index (κ3) is 2.60. The van der Waals surface area contributed by atoms with Gasteiger partial charge in [0.1, 0.15) is 11.3 Å². The number of ether oxygens (including phenoxy) is 1. The van der Waals surface area contributed by atoms with Crippen LogP contribution < -0.4 is 4.74 Å². The summed E-state index contributed by atoms with van der Waals surface area (Å²) in [6.45, 7) is 0. The Balaban J connectivity index is 2.10. The van der Waals surface area contributed by atoms with E-state index in [2.05, 4.69) is 0 Å². The highest BCUT2D eigenvalue weighted by molar-refractivity contribution is 7.99. The van der Waals surface area contributed by atoms with Crippen molar-refractivity contribution in [2.75, 3.05) is 7.11 Å². The normalized spacial score (nSPS) is 10.7. The molecule has 0 aliphatic heterocycles. The van der Waals surface area contributed by atoms with Gasteiger partial charge in [-0.15, -0.1) is 0 Å². The summed E-state index contributed by atoms with van der Waals surface area (Å²) < 4.78 is 10.6. The van der Waals surface area contributed by atoms with E-state index in [-0.39, 0.29) is 5.76 Å². The van der Waals surface area contributed by atoms with Gasteiger partial charge >= 0.3 is 5.97 Å². The van der Waals surface area contributed by atoms with Gasteiger partial charge in [0.25, 0.3) is 0 Å². The summed E-state index contributed by atoms with van der Waals surface area (Å²) >= 11 is 1.35. The molecule has 4 nitrogen and oxygen atoms in total. The maximum absolute atomic E-state index is 11.4. The van der Waals surface area contributed by atoms with Gasteiger partial charge in [0.2, 0.25) is 5.76 Å². The molecule has 0 saturated carbocycles. The van der Waals surface area contributed by atoms with Crippen molar-refractivity contribution in [3.63, 3.8) is 0 Å². The minimum Gasteiger partial charge on any atom is -0.497 e. The molecule has 0 bridgehead atoms. The SMILES string of the molecule is COc1cccc(Sc2c(C(=O)O)oc3ccccc23)c1. The number of carbonyl (C=O) groups is 1. The van der Waals surface area contributed by atoms with Gasteiger partial charge in [-0.1, -0.05) is 30.0 Å². The Morgan fingerprint density at radius 2 is 2.00 bits per heavy atom. The van der Waals surface area contributed by atoms with Crippen molar-refractivity contribution < 1.29 is 19.1 Å². The molecule has 1 N–H and O–H groups in total. The van der Waals surface area contributed by atoms with E-state index >= 15 is 0 Å². The van der Waals surface area contributed by atoms with Crippen LogP contribution >= 0.6 is 11.8 Å². The van der Waals surface area contributed by atoms with Crippen LogP contribution in [0.5, 0.6) is 5.75 Å². The van der Waals surface area contributed by atoms with Gasteiger partial charge in [0.05, 0.1) is 12.0 Å². The summed E-state index contributed by atoms with van der Waals surface area (Å²) in [6.07, 6.45) is 0. The fraction of sp³-hybridized carbons (Fsp3) is 0.0625. The predicted molar refractivity (Wildman–Crippen MR) is 80.3 cm³/mol. The van der Waals surface area contributed by atoms with Crippen LogP contribution in [0.4, 0.5) is 0 Å². The summed E-state index contributed by atoms with van der Waals surface area (Å²) in [5.41, 5.74) is 0.570. The minimum absolute atomic E-state index is 0.0379. The zero-order chi connectivity index (χ0) is 14.8. The molecule has 0 spiro atoms. The molecular weight excluding hydrogens is 288 g/mol. The van der Waals surface area contributed by atoms with Crippen molar-refractivity contribution in [2.45, 2.75) is 9.79 Å². The topological polar surface area (TPSA) is 59.7 Å². The maximum atomic E-state index is 11.4. The Kier molecular flexibility index (Phi) is 3.58. The molecule has 3 rings (SSSR count). The fourth-order valence-electron chi connectivity index (χ4n) is 2.05. The number of para-hydroxylation sites is 1. The van der Waals surface area contributed by atoms with E-state index < -0.39 is 5.97 Å². The van der Waals surface area contributed by atoms with Gasteiger partial charge in [-0.05, 0) is 30.3 Å². The van der Waals surface area contributed by atoms with Crippen LogP contribution in [-0.4, -0.2) is 18.2 Å². The van der Waals surface area contributed by atoms with Gasteiger partial charge in [-0.2, -0.15) is 0 Å². The van der Waals surface area contributed by atoms with Crippen LogP contribution in [0.25, 0.3) is 11.0 Å². The summed E-state index contributed by atoms with van der Waals surface area (Å²) in [5.74, 6) is -0.384. The second-order valence-corrected chi connectivity index (χ2v) is 5.43. The standard InChI is InChI=1S/C16H12O4S/c1-19-10-5-4-6-11(9-10)21-15-12-7-2-3-8-13(12)20-14(15)16(17)18/h2-9H,1H3,(H,17,18). The Morgan fingerprint density at radius 1 is 1.19 bits per heavy atom. The Bertz CT molecular complexity index is 807. The summed E-state index contributed by atoms with van der Waals surface area (Å²) in [4.78, 5) is 12.9. The van der Waals surface area contributed by atoms with Crippen LogP contribution in [0.15, 0.2) is 62.7 Å². The molecule has 1 aromatic heterocycles. The fourth-order valence-corrected chi connectivity index (χ4v) is 3.10. The molecule has 21 heavy (non-hydrogen) atoms. The number of carboxylic acids is 1. The molecule has 5 heteroatoms. The van der Waals surface area contributed by atoms with E-state index in [1.54, 1.807) is 13.2 Å². The van der Waals surface area contributed by atoms with Gasteiger partial charge < -0.3 is 14.3 Å².